The normalized spacial score (nSPS) is 12.6. The van der Waals surface area contributed by atoms with Crippen molar-refractivity contribution in [3.63, 3.8) is 0 Å². The summed E-state index contributed by atoms with van der Waals surface area (Å²) in [4.78, 5) is 37.0. The molecule has 0 bridgehead atoms. The van der Waals surface area contributed by atoms with Gasteiger partial charge in [-0.3, -0.25) is 4.79 Å². The molecule has 2 rings (SSSR count). The summed E-state index contributed by atoms with van der Waals surface area (Å²) in [5.74, 6) is -1.42. The Hall–Kier alpha value is -3.06. The molecule has 2 atom stereocenters. The second kappa shape index (κ2) is 10.5. The zero-order chi connectivity index (χ0) is 21.4. The lowest BCUT2D eigenvalue weighted by Gasteiger charge is -2.23. The summed E-state index contributed by atoms with van der Waals surface area (Å²) in [6.07, 6.45) is -1.04. The molecule has 2 aromatic rings. The number of rotatable bonds is 7. The fourth-order valence-electron chi connectivity index (χ4n) is 2.41. The van der Waals surface area contributed by atoms with E-state index < -0.39 is 30.1 Å². The van der Waals surface area contributed by atoms with Gasteiger partial charge in [-0.1, -0.05) is 43.6 Å². The van der Waals surface area contributed by atoms with Gasteiger partial charge in [0.2, 0.25) is 0 Å². The molecule has 0 spiro atoms. The second-order valence-corrected chi connectivity index (χ2v) is 7.20. The predicted octanol–water partition coefficient (Wildman–Crippen LogP) is 4.06. The highest BCUT2D eigenvalue weighted by molar-refractivity contribution is 6.30. The molecule has 0 unspecified atom stereocenters. The molecule has 2 aromatic carbocycles. The highest BCUT2D eigenvalue weighted by Gasteiger charge is 2.29. The number of benzene rings is 2. The smallest absolute Gasteiger partial charge is 0.329 e. The van der Waals surface area contributed by atoms with Crippen LogP contribution in [0.4, 0.5) is 16.2 Å². The molecule has 7 nitrogen and oxygen atoms in total. The average molecular weight is 418 g/mol. The van der Waals surface area contributed by atoms with Crippen LogP contribution in [0.1, 0.15) is 20.8 Å². The summed E-state index contributed by atoms with van der Waals surface area (Å²) in [6.45, 7) is 5.00. The number of anilines is 2. The fourth-order valence-corrected chi connectivity index (χ4v) is 2.53. The minimum absolute atomic E-state index is 0.240. The Labute approximate surface area is 174 Å². The Bertz CT molecular complexity index is 841. The van der Waals surface area contributed by atoms with Gasteiger partial charge in [-0.25, -0.2) is 9.59 Å². The third-order valence-corrected chi connectivity index (χ3v) is 4.26. The molecule has 8 heteroatoms. The van der Waals surface area contributed by atoms with Crippen molar-refractivity contribution in [3.8, 4) is 0 Å². The maximum atomic E-state index is 12.5. The van der Waals surface area contributed by atoms with Crippen LogP contribution in [0.2, 0.25) is 5.02 Å². The van der Waals surface area contributed by atoms with E-state index in [9.17, 15) is 14.4 Å². The maximum Gasteiger partial charge on any atom is 0.329 e. The molecule has 0 saturated heterocycles. The monoisotopic (exact) mass is 417 g/mol. The summed E-state index contributed by atoms with van der Waals surface area (Å²) < 4.78 is 5.26. The van der Waals surface area contributed by atoms with Gasteiger partial charge in [0, 0.05) is 16.4 Å². The van der Waals surface area contributed by atoms with Gasteiger partial charge in [-0.2, -0.15) is 0 Å². The minimum Gasteiger partial charge on any atom is -0.451 e. The Morgan fingerprint density at radius 3 is 2.03 bits per heavy atom. The van der Waals surface area contributed by atoms with Crippen LogP contribution in [-0.4, -0.2) is 30.1 Å². The number of amides is 3. The molecule has 29 heavy (non-hydrogen) atoms. The van der Waals surface area contributed by atoms with Gasteiger partial charge < -0.3 is 20.7 Å². The number of urea groups is 1. The fraction of sp³-hybridized carbons (Fsp3) is 0.286. The SMILES string of the molecule is CC(C)[C@@H](NC(=O)Nc1ccccc1)C(=O)O[C@@H](C)C(=O)Nc1ccc(Cl)cc1. The lowest BCUT2D eigenvalue weighted by Crippen LogP contribution is -2.48. The van der Waals surface area contributed by atoms with E-state index in [0.717, 1.165) is 0 Å². The number of ether oxygens (including phenoxy) is 1. The molecule has 0 radical (unpaired) electrons. The van der Waals surface area contributed by atoms with Crippen LogP contribution in [-0.2, 0) is 14.3 Å². The average Bonchev–Trinajstić information content (AvgIpc) is 2.68. The summed E-state index contributed by atoms with van der Waals surface area (Å²) in [5, 5.41) is 8.43. The number of carbonyl (C=O) groups is 3. The van der Waals surface area contributed by atoms with E-state index in [2.05, 4.69) is 16.0 Å². The van der Waals surface area contributed by atoms with Crippen LogP contribution in [0.25, 0.3) is 0 Å². The first-order chi connectivity index (χ1) is 13.8. The van der Waals surface area contributed by atoms with Crippen LogP contribution >= 0.6 is 11.6 Å². The van der Waals surface area contributed by atoms with Crippen molar-refractivity contribution in [2.75, 3.05) is 10.6 Å². The third kappa shape index (κ3) is 7.12. The zero-order valence-corrected chi connectivity index (χ0v) is 17.2. The quantitative estimate of drug-likeness (QED) is 0.592. The topological polar surface area (TPSA) is 96.5 Å². The first kappa shape index (κ1) is 22.2. The van der Waals surface area contributed by atoms with Crippen LogP contribution in [0, 0.1) is 5.92 Å². The molecule has 0 aliphatic carbocycles. The molecule has 0 fully saturated rings. The maximum absolute atomic E-state index is 12.5. The Balaban J connectivity index is 1.92. The molecular weight excluding hydrogens is 394 g/mol. The van der Waals surface area contributed by atoms with Crippen molar-refractivity contribution >= 4 is 40.9 Å². The van der Waals surface area contributed by atoms with Gasteiger partial charge in [0.1, 0.15) is 6.04 Å². The molecule has 0 saturated carbocycles. The summed E-state index contributed by atoms with van der Waals surface area (Å²) >= 11 is 5.81. The van der Waals surface area contributed by atoms with Crippen LogP contribution in [0.3, 0.4) is 0 Å². The van der Waals surface area contributed by atoms with Crippen molar-refractivity contribution in [1.29, 1.82) is 0 Å². The van der Waals surface area contributed by atoms with Gasteiger partial charge in [-0.05, 0) is 49.2 Å². The van der Waals surface area contributed by atoms with E-state index in [1.54, 1.807) is 62.4 Å². The molecule has 3 amide bonds. The predicted molar refractivity (Wildman–Crippen MR) is 113 cm³/mol. The van der Waals surface area contributed by atoms with E-state index in [1.807, 2.05) is 6.07 Å². The molecule has 0 aliphatic heterocycles. The van der Waals surface area contributed by atoms with Crippen molar-refractivity contribution < 1.29 is 19.1 Å². The third-order valence-electron chi connectivity index (χ3n) is 4.01. The van der Waals surface area contributed by atoms with E-state index in [-0.39, 0.29) is 5.92 Å². The number of nitrogens with one attached hydrogen (secondary N) is 3. The van der Waals surface area contributed by atoms with Crippen LogP contribution < -0.4 is 16.0 Å². The Kier molecular flexibility index (Phi) is 8.03. The summed E-state index contributed by atoms with van der Waals surface area (Å²) in [7, 11) is 0. The lowest BCUT2D eigenvalue weighted by atomic mass is 10.0. The van der Waals surface area contributed by atoms with E-state index >= 15 is 0 Å². The van der Waals surface area contributed by atoms with E-state index in [0.29, 0.717) is 16.4 Å². The zero-order valence-electron chi connectivity index (χ0n) is 16.4. The van der Waals surface area contributed by atoms with Gasteiger partial charge in [-0.15, -0.1) is 0 Å². The molecule has 0 aromatic heterocycles. The van der Waals surface area contributed by atoms with E-state index in [1.165, 1.54) is 6.92 Å². The number of hydrogen-bond acceptors (Lipinski definition) is 4. The van der Waals surface area contributed by atoms with Crippen molar-refractivity contribution in [2.24, 2.45) is 5.92 Å². The van der Waals surface area contributed by atoms with E-state index in [4.69, 9.17) is 16.3 Å². The largest absolute Gasteiger partial charge is 0.451 e. The second-order valence-electron chi connectivity index (χ2n) is 6.76. The Morgan fingerprint density at radius 2 is 1.45 bits per heavy atom. The summed E-state index contributed by atoms with van der Waals surface area (Å²) in [6, 6.07) is 14.0. The number of halogens is 1. The number of esters is 1. The Morgan fingerprint density at radius 1 is 0.862 bits per heavy atom. The van der Waals surface area contributed by atoms with Gasteiger partial charge in [0.05, 0.1) is 0 Å². The molecule has 154 valence electrons. The standard InChI is InChI=1S/C21H24ClN3O4/c1-13(2)18(25-21(28)24-16-7-5-4-6-8-16)20(27)29-14(3)19(26)23-17-11-9-15(22)10-12-17/h4-14,18H,1-3H3,(H,23,26)(H2,24,25,28)/t14-,18+/m0/s1. The van der Waals surface area contributed by atoms with Gasteiger partial charge >= 0.3 is 12.0 Å². The minimum atomic E-state index is -1.04. The van der Waals surface area contributed by atoms with Crippen molar-refractivity contribution in [2.45, 2.75) is 32.9 Å². The highest BCUT2D eigenvalue weighted by atomic mass is 35.5. The molecule has 0 heterocycles. The van der Waals surface area contributed by atoms with Gasteiger partial charge in [0.15, 0.2) is 6.10 Å². The van der Waals surface area contributed by atoms with Gasteiger partial charge in [0.25, 0.3) is 5.91 Å². The first-order valence-corrected chi connectivity index (χ1v) is 9.53. The molecular formula is C21H24ClN3O4. The highest BCUT2D eigenvalue weighted by Crippen LogP contribution is 2.14. The van der Waals surface area contributed by atoms with Crippen molar-refractivity contribution in [3.05, 3.63) is 59.6 Å². The first-order valence-electron chi connectivity index (χ1n) is 9.15. The molecule has 3 N–H and O–H groups in total. The van der Waals surface area contributed by atoms with Crippen LogP contribution in [0.5, 0.6) is 0 Å². The van der Waals surface area contributed by atoms with Crippen molar-refractivity contribution in [1.82, 2.24) is 5.32 Å². The van der Waals surface area contributed by atoms with Crippen LogP contribution in [0.15, 0.2) is 54.6 Å². The summed E-state index contributed by atoms with van der Waals surface area (Å²) in [5.41, 5.74) is 1.12. The molecule has 0 aliphatic rings. The lowest BCUT2D eigenvalue weighted by molar-refractivity contribution is -0.156. The number of hydrogen-bond donors (Lipinski definition) is 3. The number of carbonyl (C=O) groups excluding carboxylic acids is 3. The number of para-hydroxylation sites is 1.